The maximum Gasteiger partial charge on any atom is 0.263 e. The molecule has 1 spiro atoms. The largest absolute Gasteiger partial charge is 0.493 e. The number of piperidine rings is 1. The van der Waals surface area contributed by atoms with Crippen LogP contribution >= 0.6 is 0 Å². The molecule has 2 N–H and O–H groups in total. The Hall–Kier alpha value is -2.64. The van der Waals surface area contributed by atoms with E-state index in [-0.39, 0.29) is 16.7 Å². The fraction of sp³-hybridized carbons (Fsp3) is 0.550. The van der Waals surface area contributed by atoms with Gasteiger partial charge in [0, 0.05) is 38.2 Å². The van der Waals surface area contributed by atoms with Gasteiger partial charge in [-0.25, -0.2) is 9.37 Å². The van der Waals surface area contributed by atoms with E-state index in [2.05, 4.69) is 15.3 Å². The normalized spacial score (nSPS) is 21.3. The van der Waals surface area contributed by atoms with E-state index in [0.29, 0.717) is 55.8 Å². The number of carbonyl (C=O) groups excluding carboxylic acids is 1. The first-order valence-electron chi connectivity index (χ1n) is 9.89. The minimum atomic E-state index is -0.614. The summed E-state index contributed by atoms with van der Waals surface area (Å²) >= 11 is 0. The fourth-order valence-electron chi connectivity index (χ4n) is 4.22. The van der Waals surface area contributed by atoms with Gasteiger partial charge in [-0.2, -0.15) is 0 Å². The molecule has 1 amide bonds. The van der Waals surface area contributed by atoms with Gasteiger partial charge in [0.05, 0.1) is 12.1 Å². The van der Waals surface area contributed by atoms with Gasteiger partial charge in [-0.15, -0.1) is 0 Å². The van der Waals surface area contributed by atoms with Crippen molar-refractivity contribution in [2.24, 2.45) is 11.3 Å². The van der Waals surface area contributed by atoms with Crippen LogP contribution in [0, 0.1) is 17.2 Å². The average Bonchev–Trinajstić information content (AvgIpc) is 3.43. The number of hydrogen-bond donors (Lipinski definition) is 2. The highest BCUT2D eigenvalue weighted by atomic mass is 19.1. The Bertz CT molecular complexity index is 993. The van der Waals surface area contributed by atoms with Crippen molar-refractivity contribution in [2.75, 3.05) is 31.1 Å². The SMILES string of the molecule is O=C1CC2(CCN(c3nc4cc(OCC5CC5)cc(F)c4c(=O)[nH]3)CC2)CN1. The number of fused-ring (bicyclic) bond motifs is 1. The van der Waals surface area contributed by atoms with E-state index in [0.717, 1.165) is 25.7 Å². The zero-order valence-electron chi connectivity index (χ0n) is 15.6. The highest BCUT2D eigenvalue weighted by Gasteiger charge is 2.41. The second kappa shape index (κ2) is 6.46. The standard InChI is InChI=1S/C20H23FN4O3/c21-14-7-13(28-10-12-1-2-12)8-15-17(14)18(27)24-19(23-15)25-5-3-20(4-6-25)9-16(26)22-11-20/h7-8,12H,1-6,9-11H2,(H,22,26)(H,23,24,27). The first-order valence-corrected chi connectivity index (χ1v) is 9.89. The number of nitrogens with one attached hydrogen (secondary N) is 2. The Balaban J connectivity index is 1.40. The Labute approximate surface area is 161 Å². The zero-order chi connectivity index (χ0) is 19.3. The van der Waals surface area contributed by atoms with E-state index >= 15 is 0 Å². The van der Waals surface area contributed by atoms with Crippen LogP contribution in [0.25, 0.3) is 10.9 Å². The number of carbonyl (C=O) groups is 1. The molecule has 28 heavy (non-hydrogen) atoms. The summed E-state index contributed by atoms with van der Waals surface area (Å²) in [5.41, 5.74) is -0.160. The molecule has 3 fully saturated rings. The minimum absolute atomic E-state index is 0.0145. The summed E-state index contributed by atoms with van der Waals surface area (Å²) in [5.74, 6) is 0.910. The molecule has 1 aromatic carbocycles. The molecule has 1 aliphatic carbocycles. The molecule has 5 rings (SSSR count). The van der Waals surface area contributed by atoms with Crippen molar-refractivity contribution in [1.82, 2.24) is 15.3 Å². The lowest BCUT2D eigenvalue weighted by Gasteiger charge is -2.38. The van der Waals surface area contributed by atoms with Crippen LogP contribution in [0.1, 0.15) is 32.1 Å². The van der Waals surface area contributed by atoms with Gasteiger partial charge in [-0.1, -0.05) is 0 Å². The molecule has 7 nitrogen and oxygen atoms in total. The number of amides is 1. The van der Waals surface area contributed by atoms with Crippen LogP contribution in [0.4, 0.5) is 10.3 Å². The molecule has 0 radical (unpaired) electrons. The third kappa shape index (κ3) is 3.21. The number of aromatic nitrogens is 2. The molecule has 0 unspecified atom stereocenters. The number of rotatable bonds is 4. The molecular weight excluding hydrogens is 363 g/mol. The van der Waals surface area contributed by atoms with E-state index in [4.69, 9.17) is 4.74 Å². The van der Waals surface area contributed by atoms with E-state index in [1.165, 1.54) is 6.07 Å². The zero-order valence-corrected chi connectivity index (χ0v) is 15.6. The first kappa shape index (κ1) is 17.5. The fourth-order valence-corrected chi connectivity index (χ4v) is 4.22. The number of benzene rings is 1. The van der Waals surface area contributed by atoms with Crippen molar-refractivity contribution in [3.63, 3.8) is 0 Å². The minimum Gasteiger partial charge on any atom is -0.493 e. The molecule has 2 aliphatic heterocycles. The summed E-state index contributed by atoms with van der Waals surface area (Å²) < 4.78 is 20.1. The Morgan fingerprint density at radius 2 is 2.04 bits per heavy atom. The Kier molecular flexibility index (Phi) is 4.03. The van der Waals surface area contributed by atoms with Gasteiger partial charge in [0.25, 0.3) is 5.56 Å². The Morgan fingerprint density at radius 1 is 1.25 bits per heavy atom. The lowest BCUT2D eigenvalue weighted by Crippen LogP contribution is -2.42. The van der Waals surface area contributed by atoms with Gasteiger partial charge in [0.1, 0.15) is 17.0 Å². The van der Waals surface area contributed by atoms with Crippen LogP contribution in [0.3, 0.4) is 0 Å². The number of H-pyrrole nitrogens is 1. The molecule has 2 aromatic rings. The van der Waals surface area contributed by atoms with Crippen LogP contribution in [-0.4, -0.2) is 42.1 Å². The number of halogens is 1. The molecule has 0 atom stereocenters. The smallest absolute Gasteiger partial charge is 0.263 e. The van der Waals surface area contributed by atoms with Gasteiger partial charge in [0.15, 0.2) is 0 Å². The highest BCUT2D eigenvalue weighted by Crippen LogP contribution is 2.38. The average molecular weight is 386 g/mol. The summed E-state index contributed by atoms with van der Waals surface area (Å²) in [6.07, 6.45) is 4.57. The topological polar surface area (TPSA) is 87.3 Å². The number of ether oxygens (including phenoxy) is 1. The van der Waals surface area contributed by atoms with Crippen molar-refractivity contribution < 1.29 is 13.9 Å². The van der Waals surface area contributed by atoms with E-state index in [1.54, 1.807) is 6.07 Å². The maximum atomic E-state index is 14.5. The van der Waals surface area contributed by atoms with Crippen molar-refractivity contribution >= 4 is 22.8 Å². The quantitative estimate of drug-likeness (QED) is 0.839. The second-order valence-corrected chi connectivity index (χ2v) is 8.38. The predicted molar refractivity (Wildman–Crippen MR) is 102 cm³/mol. The molecule has 0 bridgehead atoms. The number of aromatic amines is 1. The molecule has 3 aliphatic rings. The third-order valence-electron chi connectivity index (χ3n) is 6.22. The maximum absolute atomic E-state index is 14.5. The van der Waals surface area contributed by atoms with Crippen molar-refractivity contribution in [3.05, 3.63) is 28.3 Å². The predicted octanol–water partition coefficient (Wildman–Crippen LogP) is 1.96. The van der Waals surface area contributed by atoms with Crippen molar-refractivity contribution in [1.29, 1.82) is 0 Å². The van der Waals surface area contributed by atoms with E-state index in [9.17, 15) is 14.0 Å². The molecular formula is C20H23FN4O3. The lowest BCUT2D eigenvalue weighted by atomic mass is 9.78. The number of nitrogens with zero attached hydrogens (tertiary/aromatic N) is 2. The monoisotopic (exact) mass is 386 g/mol. The lowest BCUT2D eigenvalue weighted by molar-refractivity contribution is -0.119. The van der Waals surface area contributed by atoms with Gasteiger partial charge in [-0.3, -0.25) is 14.6 Å². The number of anilines is 1. The van der Waals surface area contributed by atoms with Gasteiger partial charge >= 0.3 is 0 Å². The van der Waals surface area contributed by atoms with Gasteiger partial charge < -0.3 is 15.0 Å². The van der Waals surface area contributed by atoms with Gasteiger partial charge in [-0.05, 0) is 37.0 Å². The number of hydrogen-bond acceptors (Lipinski definition) is 5. The molecule has 2 saturated heterocycles. The Morgan fingerprint density at radius 3 is 2.71 bits per heavy atom. The van der Waals surface area contributed by atoms with Crippen LogP contribution in [0.2, 0.25) is 0 Å². The summed E-state index contributed by atoms with van der Waals surface area (Å²) in [6, 6.07) is 2.90. The molecule has 148 valence electrons. The van der Waals surface area contributed by atoms with Crippen molar-refractivity contribution in [3.8, 4) is 5.75 Å². The van der Waals surface area contributed by atoms with Crippen LogP contribution in [-0.2, 0) is 4.79 Å². The van der Waals surface area contributed by atoms with Gasteiger partial charge in [0.2, 0.25) is 11.9 Å². The first-order chi connectivity index (χ1) is 13.5. The summed E-state index contributed by atoms with van der Waals surface area (Å²) in [7, 11) is 0. The summed E-state index contributed by atoms with van der Waals surface area (Å²) in [5, 5.41) is 2.88. The molecule has 1 aromatic heterocycles. The molecule has 3 heterocycles. The summed E-state index contributed by atoms with van der Waals surface area (Å²) in [4.78, 5) is 33.3. The van der Waals surface area contributed by atoms with Crippen LogP contribution < -0.4 is 20.5 Å². The third-order valence-corrected chi connectivity index (χ3v) is 6.22. The molecule has 1 saturated carbocycles. The van der Waals surface area contributed by atoms with Crippen molar-refractivity contribution in [2.45, 2.75) is 32.1 Å². The van der Waals surface area contributed by atoms with Crippen LogP contribution in [0.5, 0.6) is 5.75 Å². The highest BCUT2D eigenvalue weighted by molar-refractivity contribution is 5.81. The summed E-state index contributed by atoms with van der Waals surface area (Å²) in [6.45, 7) is 2.68. The second-order valence-electron chi connectivity index (χ2n) is 8.38. The van der Waals surface area contributed by atoms with E-state index in [1.807, 2.05) is 4.90 Å². The van der Waals surface area contributed by atoms with E-state index < -0.39 is 11.4 Å². The molecule has 8 heteroatoms. The van der Waals surface area contributed by atoms with Crippen LogP contribution in [0.15, 0.2) is 16.9 Å².